The SMILES string of the molecule is COc1cc(/C=C/c2ccc3cccc(OCc4ccccc4Cl)c3n2)cc(OC)c1OC(C)=O. The van der Waals surface area contributed by atoms with E-state index in [0.717, 1.165) is 27.7 Å². The number of benzene rings is 3. The van der Waals surface area contributed by atoms with Crippen LogP contribution in [-0.4, -0.2) is 25.2 Å². The third-order valence-corrected chi connectivity index (χ3v) is 5.59. The Bertz CT molecular complexity index is 1370. The Morgan fingerprint density at radius 3 is 2.34 bits per heavy atom. The van der Waals surface area contributed by atoms with Crippen LogP contribution in [0, 0.1) is 0 Å². The Morgan fingerprint density at radius 2 is 1.66 bits per heavy atom. The molecule has 0 atom stereocenters. The van der Waals surface area contributed by atoms with Gasteiger partial charge in [0.05, 0.1) is 19.9 Å². The molecule has 0 saturated heterocycles. The molecule has 0 bridgehead atoms. The average Bonchev–Trinajstić information content (AvgIpc) is 2.87. The lowest BCUT2D eigenvalue weighted by Crippen LogP contribution is -2.05. The summed E-state index contributed by atoms with van der Waals surface area (Å²) in [4.78, 5) is 16.2. The van der Waals surface area contributed by atoms with Crippen LogP contribution in [0.25, 0.3) is 23.1 Å². The molecular weight excluding hydrogens is 466 g/mol. The van der Waals surface area contributed by atoms with Gasteiger partial charge in [0.25, 0.3) is 0 Å². The largest absolute Gasteiger partial charge is 0.493 e. The molecule has 7 heteroatoms. The number of esters is 1. The van der Waals surface area contributed by atoms with Crippen LogP contribution in [0.15, 0.2) is 66.7 Å². The maximum absolute atomic E-state index is 11.5. The Morgan fingerprint density at radius 1 is 0.914 bits per heavy atom. The molecule has 6 nitrogen and oxygen atoms in total. The molecule has 35 heavy (non-hydrogen) atoms. The molecule has 1 heterocycles. The van der Waals surface area contributed by atoms with Crippen molar-refractivity contribution in [3.05, 3.63) is 88.6 Å². The van der Waals surface area contributed by atoms with Gasteiger partial charge in [-0.05, 0) is 42.0 Å². The highest BCUT2D eigenvalue weighted by atomic mass is 35.5. The summed E-state index contributed by atoms with van der Waals surface area (Å²) in [6.07, 6.45) is 3.76. The van der Waals surface area contributed by atoms with Crippen LogP contribution >= 0.6 is 11.6 Å². The number of rotatable bonds is 8. The first-order valence-corrected chi connectivity index (χ1v) is 11.2. The zero-order valence-corrected chi connectivity index (χ0v) is 20.3. The lowest BCUT2D eigenvalue weighted by molar-refractivity contribution is -0.132. The summed E-state index contributed by atoms with van der Waals surface area (Å²) in [6, 6.07) is 20.9. The number of hydrogen-bond acceptors (Lipinski definition) is 6. The molecule has 0 N–H and O–H groups in total. The maximum atomic E-state index is 11.5. The molecule has 1 aromatic heterocycles. The number of pyridine rings is 1. The highest BCUT2D eigenvalue weighted by molar-refractivity contribution is 6.31. The van der Waals surface area contributed by atoms with Crippen molar-refractivity contribution in [1.82, 2.24) is 4.98 Å². The first-order valence-electron chi connectivity index (χ1n) is 10.9. The van der Waals surface area contributed by atoms with E-state index in [1.807, 2.05) is 66.7 Å². The predicted molar refractivity (Wildman–Crippen MR) is 137 cm³/mol. The van der Waals surface area contributed by atoms with Crippen molar-refractivity contribution >= 4 is 40.6 Å². The highest BCUT2D eigenvalue weighted by Gasteiger charge is 2.15. The molecule has 0 fully saturated rings. The highest BCUT2D eigenvalue weighted by Crippen LogP contribution is 2.39. The summed E-state index contributed by atoms with van der Waals surface area (Å²) < 4.78 is 22.1. The van der Waals surface area contributed by atoms with Gasteiger partial charge in [0.1, 0.15) is 17.9 Å². The van der Waals surface area contributed by atoms with E-state index < -0.39 is 5.97 Å². The number of halogens is 1. The lowest BCUT2D eigenvalue weighted by atomic mass is 10.1. The van der Waals surface area contributed by atoms with Crippen LogP contribution in [0.1, 0.15) is 23.7 Å². The van der Waals surface area contributed by atoms with Crippen LogP contribution in [0.4, 0.5) is 0 Å². The average molecular weight is 490 g/mol. The Labute approximate surface area is 208 Å². The molecule has 4 rings (SSSR count). The van der Waals surface area contributed by atoms with Crippen molar-refractivity contribution in [3.63, 3.8) is 0 Å². The summed E-state index contributed by atoms with van der Waals surface area (Å²) in [7, 11) is 3.01. The van der Waals surface area contributed by atoms with Crippen LogP contribution in [0.5, 0.6) is 23.0 Å². The summed E-state index contributed by atoms with van der Waals surface area (Å²) >= 11 is 6.26. The molecule has 0 saturated carbocycles. The molecule has 0 unspecified atom stereocenters. The van der Waals surface area contributed by atoms with E-state index in [2.05, 4.69) is 0 Å². The van der Waals surface area contributed by atoms with E-state index in [1.165, 1.54) is 21.1 Å². The summed E-state index contributed by atoms with van der Waals surface area (Å²) in [6.45, 7) is 1.67. The fourth-order valence-electron chi connectivity index (χ4n) is 3.54. The monoisotopic (exact) mass is 489 g/mol. The summed E-state index contributed by atoms with van der Waals surface area (Å²) in [5.41, 5.74) is 3.19. The van der Waals surface area contributed by atoms with Gasteiger partial charge in [0, 0.05) is 22.9 Å². The van der Waals surface area contributed by atoms with Crippen LogP contribution in [0.3, 0.4) is 0 Å². The van der Waals surface area contributed by atoms with E-state index in [0.29, 0.717) is 28.9 Å². The topological polar surface area (TPSA) is 66.9 Å². The number of methoxy groups -OCH3 is 2. The lowest BCUT2D eigenvalue weighted by Gasteiger charge is -2.13. The molecule has 3 aromatic carbocycles. The van der Waals surface area contributed by atoms with Gasteiger partial charge in [-0.3, -0.25) is 4.79 Å². The Hall–Kier alpha value is -4.03. The number of para-hydroxylation sites is 1. The molecule has 4 aromatic rings. The van der Waals surface area contributed by atoms with Gasteiger partial charge in [0.15, 0.2) is 11.5 Å². The first-order chi connectivity index (χ1) is 17.0. The maximum Gasteiger partial charge on any atom is 0.308 e. The number of carbonyl (C=O) groups is 1. The molecule has 0 amide bonds. The Balaban J connectivity index is 1.62. The van der Waals surface area contributed by atoms with Crippen molar-refractivity contribution in [1.29, 1.82) is 0 Å². The van der Waals surface area contributed by atoms with Gasteiger partial charge >= 0.3 is 5.97 Å². The number of nitrogens with zero attached hydrogens (tertiary/aromatic N) is 1. The van der Waals surface area contributed by atoms with E-state index in [-0.39, 0.29) is 5.75 Å². The fraction of sp³-hybridized carbons (Fsp3) is 0.143. The van der Waals surface area contributed by atoms with Crippen LogP contribution < -0.4 is 18.9 Å². The van der Waals surface area contributed by atoms with Crippen molar-refractivity contribution in [2.75, 3.05) is 14.2 Å². The smallest absolute Gasteiger partial charge is 0.308 e. The zero-order valence-electron chi connectivity index (χ0n) is 19.6. The van der Waals surface area contributed by atoms with Gasteiger partial charge in [-0.2, -0.15) is 0 Å². The number of hydrogen-bond donors (Lipinski definition) is 0. The van der Waals surface area contributed by atoms with Gasteiger partial charge in [-0.15, -0.1) is 0 Å². The summed E-state index contributed by atoms with van der Waals surface area (Å²) in [5, 5.41) is 1.63. The third kappa shape index (κ3) is 5.73. The van der Waals surface area contributed by atoms with E-state index >= 15 is 0 Å². The van der Waals surface area contributed by atoms with Crippen molar-refractivity contribution in [2.24, 2.45) is 0 Å². The number of fused-ring (bicyclic) bond motifs is 1. The van der Waals surface area contributed by atoms with Gasteiger partial charge in [-0.25, -0.2) is 4.98 Å². The third-order valence-electron chi connectivity index (χ3n) is 5.22. The molecule has 0 aliphatic rings. The van der Waals surface area contributed by atoms with E-state index in [9.17, 15) is 4.79 Å². The molecular formula is C28H24ClNO5. The molecule has 0 aliphatic carbocycles. The van der Waals surface area contributed by atoms with Crippen molar-refractivity contribution in [3.8, 4) is 23.0 Å². The van der Waals surface area contributed by atoms with Crippen molar-refractivity contribution in [2.45, 2.75) is 13.5 Å². The number of aromatic nitrogens is 1. The second-order valence-corrected chi connectivity index (χ2v) is 8.03. The first kappa shape index (κ1) is 24.1. The molecule has 0 aliphatic heterocycles. The Kier molecular flexibility index (Phi) is 7.53. The number of ether oxygens (including phenoxy) is 4. The van der Waals surface area contributed by atoms with E-state index in [4.69, 9.17) is 35.5 Å². The standard InChI is InChI=1S/C28H24ClNO5/c1-18(31)35-28-25(32-2)15-19(16-26(28)33-3)11-13-22-14-12-20-8-6-10-24(27(20)30-22)34-17-21-7-4-5-9-23(21)29/h4-16H,17H2,1-3H3/b13-11+. The summed E-state index contributed by atoms with van der Waals surface area (Å²) in [5.74, 6) is 1.23. The van der Waals surface area contributed by atoms with E-state index in [1.54, 1.807) is 12.1 Å². The minimum atomic E-state index is -0.460. The fourth-order valence-corrected chi connectivity index (χ4v) is 3.73. The minimum absolute atomic E-state index is 0.240. The molecule has 0 radical (unpaired) electrons. The normalized spacial score (nSPS) is 11.0. The van der Waals surface area contributed by atoms with Crippen molar-refractivity contribution < 1.29 is 23.7 Å². The number of carbonyl (C=O) groups excluding carboxylic acids is 1. The second-order valence-electron chi connectivity index (χ2n) is 7.63. The second kappa shape index (κ2) is 10.9. The van der Waals surface area contributed by atoms with Crippen LogP contribution in [0.2, 0.25) is 5.02 Å². The zero-order chi connectivity index (χ0) is 24.8. The van der Waals surface area contributed by atoms with Gasteiger partial charge in [-0.1, -0.05) is 54.1 Å². The predicted octanol–water partition coefficient (Wildman–Crippen LogP) is 6.58. The van der Waals surface area contributed by atoms with Crippen LogP contribution in [-0.2, 0) is 11.4 Å². The van der Waals surface area contributed by atoms with Gasteiger partial charge in [0.2, 0.25) is 5.75 Å². The molecule has 178 valence electrons. The molecule has 0 spiro atoms. The van der Waals surface area contributed by atoms with Gasteiger partial charge < -0.3 is 18.9 Å². The quantitative estimate of drug-likeness (QED) is 0.206. The minimum Gasteiger partial charge on any atom is -0.493 e.